The fraction of sp³-hybridized carbons (Fsp3) is 1.00. The summed E-state index contributed by atoms with van der Waals surface area (Å²) in [5.41, 5.74) is 0. The molecule has 4 heteroatoms. The molecule has 0 aromatic heterocycles. The average molecular weight is 207 g/mol. The quantitative estimate of drug-likeness (QED) is 0.686. The molecule has 0 bridgehead atoms. The Kier molecular flexibility index (Phi) is 4.92. The van der Waals surface area contributed by atoms with E-state index in [1.54, 1.807) is 7.05 Å². The third-order valence-corrected chi connectivity index (χ3v) is 3.81. The van der Waals surface area contributed by atoms with Gasteiger partial charge in [-0.3, -0.25) is 0 Å². The molecule has 0 amide bonds. The predicted octanol–water partition coefficient (Wildman–Crippen LogP) is 1.56. The molecule has 0 aliphatic carbocycles. The van der Waals surface area contributed by atoms with E-state index in [2.05, 4.69) is 20.8 Å². The summed E-state index contributed by atoms with van der Waals surface area (Å²) in [5, 5.41) is 0. The average Bonchev–Trinajstić information content (AvgIpc) is 1.96. The second-order valence-corrected chi connectivity index (χ2v) is 6.05. The van der Waals surface area contributed by atoms with Gasteiger partial charge in [0.15, 0.2) is 0 Å². The zero-order valence-corrected chi connectivity index (χ0v) is 10.1. The van der Waals surface area contributed by atoms with Crippen LogP contribution in [0.5, 0.6) is 0 Å². The second kappa shape index (κ2) is 4.96. The first kappa shape index (κ1) is 12.9. The smallest absolute Gasteiger partial charge is 0.210 e. The van der Waals surface area contributed by atoms with Gasteiger partial charge < -0.3 is 0 Å². The summed E-state index contributed by atoms with van der Waals surface area (Å²) < 4.78 is 23.7. The molecule has 0 N–H and O–H groups in total. The van der Waals surface area contributed by atoms with Crippen LogP contribution in [0, 0.1) is 11.8 Å². The highest BCUT2D eigenvalue weighted by Crippen LogP contribution is 2.16. The Balaban J connectivity index is 4.26. The van der Waals surface area contributed by atoms with Gasteiger partial charge in [-0.2, -0.15) is 0 Å². The Hall–Kier alpha value is -0.0900. The predicted molar refractivity (Wildman–Crippen MR) is 56.1 cm³/mol. The van der Waals surface area contributed by atoms with E-state index in [1.807, 2.05) is 0 Å². The molecule has 0 rings (SSSR count). The summed E-state index contributed by atoms with van der Waals surface area (Å²) in [6.07, 6.45) is 2.28. The van der Waals surface area contributed by atoms with E-state index in [-0.39, 0.29) is 0 Å². The molecule has 0 spiro atoms. The van der Waals surface area contributed by atoms with Crippen molar-refractivity contribution in [2.45, 2.75) is 27.2 Å². The molecule has 0 aromatic rings. The molecule has 0 saturated heterocycles. The SMILES string of the molecule is CCC(CN(C)S(C)(=O)=O)C(C)C. The third-order valence-electron chi connectivity index (χ3n) is 2.52. The number of rotatable bonds is 5. The van der Waals surface area contributed by atoms with Gasteiger partial charge in [0.25, 0.3) is 0 Å². The monoisotopic (exact) mass is 207 g/mol. The van der Waals surface area contributed by atoms with Gasteiger partial charge in [-0.25, -0.2) is 12.7 Å². The first-order valence-corrected chi connectivity index (χ1v) is 6.55. The highest BCUT2D eigenvalue weighted by Gasteiger charge is 2.18. The van der Waals surface area contributed by atoms with Crippen LogP contribution in [0.25, 0.3) is 0 Å². The molecule has 0 radical (unpaired) electrons. The summed E-state index contributed by atoms with van der Waals surface area (Å²) >= 11 is 0. The first-order chi connectivity index (χ1) is 5.79. The van der Waals surface area contributed by atoms with E-state index in [1.165, 1.54) is 10.6 Å². The molecule has 1 atom stereocenters. The lowest BCUT2D eigenvalue weighted by molar-refractivity contribution is 0.303. The molecular weight excluding hydrogens is 186 g/mol. The van der Waals surface area contributed by atoms with Gasteiger partial charge >= 0.3 is 0 Å². The lowest BCUT2D eigenvalue weighted by Crippen LogP contribution is -2.32. The topological polar surface area (TPSA) is 37.4 Å². The van der Waals surface area contributed by atoms with Gasteiger partial charge in [0.05, 0.1) is 6.26 Å². The minimum atomic E-state index is -3.01. The van der Waals surface area contributed by atoms with E-state index in [9.17, 15) is 8.42 Å². The highest BCUT2D eigenvalue weighted by molar-refractivity contribution is 7.88. The minimum absolute atomic E-state index is 0.458. The van der Waals surface area contributed by atoms with Crippen molar-refractivity contribution < 1.29 is 8.42 Å². The Labute approximate surface area is 82.2 Å². The van der Waals surface area contributed by atoms with Crippen molar-refractivity contribution in [2.75, 3.05) is 19.8 Å². The van der Waals surface area contributed by atoms with Crippen LogP contribution in [0.3, 0.4) is 0 Å². The van der Waals surface area contributed by atoms with Gasteiger partial charge in [-0.05, 0) is 11.8 Å². The zero-order chi connectivity index (χ0) is 10.6. The Morgan fingerprint density at radius 1 is 1.31 bits per heavy atom. The number of hydrogen-bond acceptors (Lipinski definition) is 2. The van der Waals surface area contributed by atoms with Crippen LogP contribution in [0.15, 0.2) is 0 Å². The molecule has 0 saturated carbocycles. The van der Waals surface area contributed by atoms with Crippen molar-refractivity contribution in [3.63, 3.8) is 0 Å². The van der Waals surface area contributed by atoms with Crippen LogP contribution in [-0.2, 0) is 10.0 Å². The summed E-state index contributed by atoms with van der Waals surface area (Å²) in [6.45, 7) is 6.99. The van der Waals surface area contributed by atoms with Crippen molar-refractivity contribution >= 4 is 10.0 Å². The summed E-state index contributed by atoms with van der Waals surface area (Å²) in [4.78, 5) is 0. The summed E-state index contributed by atoms with van der Waals surface area (Å²) in [5.74, 6) is 0.994. The fourth-order valence-electron chi connectivity index (χ4n) is 1.28. The largest absolute Gasteiger partial charge is 0.213 e. The second-order valence-electron chi connectivity index (χ2n) is 3.96. The van der Waals surface area contributed by atoms with Gasteiger partial charge in [0.1, 0.15) is 0 Å². The lowest BCUT2D eigenvalue weighted by Gasteiger charge is -2.24. The Bertz CT molecular complexity index is 234. The highest BCUT2D eigenvalue weighted by atomic mass is 32.2. The molecule has 13 heavy (non-hydrogen) atoms. The van der Waals surface area contributed by atoms with Crippen LogP contribution in [-0.4, -0.2) is 32.6 Å². The molecule has 0 aromatic carbocycles. The van der Waals surface area contributed by atoms with Gasteiger partial charge in [-0.1, -0.05) is 27.2 Å². The number of nitrogens with zero attached hydrogens (tertiary/aromatic N) is 1. The molecule has 80 valence electrons. The summed E-state index contributed by atoms with van der Waals surface area (Å²) in [7, 11) is -1.37. The minimum Gasteiger partial charge on any atom is -0.213 e. The molecule has 0 heterocycles. The zero-order valence-electron chi connectivity index (χ0n) is 9.24. The molecule has 0 fully saturated rings. The van der Waals surface area contributed by atoms with Crippen LogP contribution in [0.2, 0.25) is 0 Å². The third kappa shape index (κ3) is 4.62. The standard InChI is InChI=1S/C9H21NO2S/c1-6-9(8(2)3)7-10(4)13(5,11)12/h8-9H,6-7H2,1-5H3. The fourth-order valence-corrected chi connectivity index (χ4v) is 1.74. The molecule has 0 aliphatic rings. The van der Waals surface area contributed by atoms with E-state index in [4.69, 9.17) is 0 Å². The van der Waals surface area contributed by atoms with Gasteiger partial charge in [0, 0.05) is 13.6 Å². The molecule has 1 unspecified atom stereocenters. The maximum Gasteiger partial charge on any atom is 0.210 e. The van der Waals surface area contributed by atoms with E-state index in [0.717, 1.165) is 6.42 Å². The first-order valence-electron chi connectivity index (χ1n) is 4.70. The van der Waals surface area contributed by atoms with Crippen LogP contribution in [0.4, 0.5) is 0 Å². The number of sulfonamides is 1. The normalized spacial score (nSPS) is 15.3. The van der Waals surface area contributed by atoms with E-state index >= 15 is 0 Å². The van der Waals surface area contributed by atoms with Crippen molar-refractivity contribution in [1.29, 1.82) is 0 Å². The molecular formula is C9H21NO2S. The van der Waals surface area contributed by atoms with Crippen LogP contribution >= 0.6 is 0 Å². The van der Waals surface area contributed by atoms with Crippen molar-refractivity contribution in [1.82, 2.24) is 4.31 Å². The van der Waals surface area contributed by atoms with Crippen molar-refractivity contribution in [3.8, 4) is 0 Å². The number of hydrogen-bond donors (Lipinski definition) is 0. The summed E-state index contributed by atoms with van der Waals surface area (Å²) in [6, 6.07) is 0. The lowest BCUT2D eigenvalue weighted by atomic mass is 9.93. The maximum atomic E-state index is 11.1. The van der Waals surface area contributed by atoms with Crippen molar-refractivity contribution in [3.05, 3.63) is 0 Å². The molecule has 3 nitrogen and oxygen atoms in total. The van der Waals surface area contributed by atoms with Gasteiger partial charge in [0.2, 0.25) is 10.0 Å². The maximum absolute atomic E-state index is 11.1. The Morgan fingerprint density at radius 2 is 1.77 bits per heavy atom. The van der Waals surface area contributed by atoms with Gasteiger partial charge in [-0.15, -0.1) is 0 Å². The Morgan fingerprint density at radius 3 is 2.00 bits per heavy atom. The molecule has 0 aliphatic heterocycles. The van der Waals surface area contributed by atoms with Crippen LogP contribution < -0.4 is 0 Å². The van der Waals surface area contributed by atoms with E-state index < -0.39 is 10.0 Å². The van der Waals surface area contributed by atoms with Crippen LogP contribution in [0.1, 0.15) is 27.2 Å². The van der Waals surface area contributed by atoms with Crippen molar-refractivity contribution in [2.24, 2.45) is 11.8 Å². The van der Waals surface area contributed by atoms with E-state index in [0.29, 0.717) is 18.4 Å².